The van der Waals surface area contributed by atoms with Crippen molar-refractivity contribution in [3.63, 3.8) is 0 Å². The van der Waals surface area contributed by atoms with Gasteiger partial charge in [-0.15, -0.1) is 27.6 Å². The van der Waals surface area contributed by atoms with Crippen LogP contribution in [0.25, 0.3) is 28.1 Å². The van der Waals surface area contributed by atoms with Gasteiger partial charge in [0, 0.05) is 87.9 Å². The smallest absolute Gasteiger partial charge is 0.872 e. The second-order valence-corrected chi connectivity index (χ2v) is 42.7. The number of hydrogen-bond donors (Lipinski definition) is 7. The van der Waals surface area contributed by atoms with E-state index in [4.69, 9.17) is 93.8 Å². The van der Waals surface area contributed by atoms with E-state index in [9.17, 15) is 43.2 Å². The molecule has 3 aromatic carbocycles. The normalized spacial score (nSPS) is 11.5. The van der Waals surface area contributed by atoms with Gasteiger partial charge in [-0.1, -0.05) is 109 Å². The number of nitrogen functional groups attached to an aromatic ring is 1. The molecule has 16 rings (SSSR count). The van der Waals surface area contributed by atoms with Gasteiger partial charge in [0.05, 0.1) is 65.1 Å². The molecule has 0 bridgehead atoms. The number of amides is 1. The number of hydrogen-bond acceptors (Lipinski definition) is 29. The molecule has 143 heavy (non-hydrogen) atoms. The number of benzene rings is 3. The summed E-state index contributed by atoms with van der Waals surface area (Å²) in [5, 5.41) is 40.5. The maximum Gasteiger partial charge on any atom is 1.00 e. The Labute approximate surface area is 931 Å². The first-order valence-electron chi connectivity index (χ1n) is 39.4. The minimum atomic E-state index is -3.22. The number of nitrogens with two attached hydrogens (primary N) is 1. The summed E-state index contributed by atoms with van der Waals surface area (Å²) < 4.78 is 72.0. The van der Waals surface area contributed by atoms with Crippen molar-refractivity contribution in [2.75, 3.05) is 53.9 Å². The summed E-state index contributed by atoms with van der Waals surface area (Å²) >= 11 is 61.0. The molecule has 1 aliphatic heterocycles. The maximum atomic E-state index is 11.3. The SMILES string of the molecule is C=CB1OC(C)(C)C(C)(C)O1.C=Cc1cc2c(Oc3ccccc3)nc(Cl)nn2c1.CC(C)(O)C(C)(C)O.COC(=O)Cl.COC(=O)Nn1cc(Br)cc1C(=O)OC.COC(=O)c1cc(Br)c[nH]1.COC(=O)c1cc(Br)cn1N.Clc1nc(Cl)c2cc(Br)cn2n1.Clc1nc(Oc2ccccc2)c2cc(Br)cn2n1.O=P(Cl)(Cl)Cl.O=c1[nH]c(=O)c2cc(Br)cn2[nH]1.[B]c1cccc(OC)n1.[Na+].[O-]c1ccccc1. The Bertz CT molecular complexity index is 6810. The Morgan fingerprint density at radius 3 is 1.39 bits per heavy atom. The summed E-state index contributed by atoms with van der Waals surface area (Å²) in [7, 11) is 13.0. The number of nitrogens with one attached hydrogen (secondary N) is 4. The molecular weight excluding hydrogens is 2460 g/mol. The number of halogens is 14. The van der Waals surface area contributed by atoms with Crippen LogP contribution in [0.3, 0.4) is 0 Å². The van der Waals surface area contributed by atoms with Crippen LogP contribution in [0.1, 0.15) is 92.4 Å². The third-order valence-corrected chi connectivity index (χ3v) is 21.0. The summed E-state index contributed by atoms with van der Waals surface area (Å²) in [6.45, 7) is 21.8. The monoisotopic (exact) mass is 2540 g/mol. The molecule has 758 valence electrons. The van der Waals surface area contributed by atoms with Crippen LogP contribution in [0, 0.1) is 0 Å². The summed E-state index contributed by atoms with van der Waals surface area (Å²) in [6, 6.07) is 44.3. The van der Waals surface area contributed by atoms with Gasteiger partial charge in [-0.25, -0.2) is 67.5 Å². The number of esters is 3. The Morgan fingerprint density at radius 2 is 0.993 bits per heavy atom. The molecule has 1 fully saturated rings. The summed E-state index contributed by atoms with van der Waals surface area (Å²) in [5.41, 5.74) is 3.14. The average molecular weight is 2550 g/mol. The molecule has 39 nitrogen and oxygen atoms in total. The number of aliphatic hydroxyl groups is 2. The Balaban J connectivity index is 0.000000404. The molecule has 0 spiro atoms. The van der Waals surface area contributed by atoms with Gasteiger partial charge < -0.3 is 73.3 Å². The first-order valence-corrected chi connectivity index (χ1v) is 50.5. The van der Waals surface area contributed by atoms with Crippen molar-refractivity contribution in [3.05, 3.63) is 305 Å². The molecule has 1 amide bonds. The fourth-order valence-corrected chi connectivity index (χ4v) is 12.6. The minimum Gasteiger partial charge on any atom is -0.872 e. The molecule has 0 unspecified atom stereocenters. The Morgan fingerprint density at radius 1 is 0.566 bits per heavy atom. The molecule has 12 aromatic heterocycles. The van der Waals surface area contributed by atoms with Crippen LogP contribution in [-0.2, 0) is 37.6 Å². The van der Waals surface area contributed by atoms with Gasteiger partial charge in [0.15, 0.2) is 5.15 Å². The second kappa shape index (κ2) is 62.0. The number of H-pyrrole nitrogens is 3. The van der Waals surface area contributed by atoms with E-state index in [1.807, 2.05) is 119 Å². The van der Waals surface area contributed by atoms with Crippen molar-refractivity contribution in [1.82, 2.24) is 77.7 Å². The predicted octanol–water partition coefficient (Wildman–Crippen LogP) is 18.1. The van der Waals surface area contributed by atoms with Crippen LogP contribution in [0.4, 0.5) is 9.59 Å². The number of nitrogens with zero attached hydrogens (tertiary/aromatic N) is 13. The molecule has 0 saturated carbocycles. The number of aromatic amines is 3. The first-order chi connectivity index (χ1) is 66.4. The van der Waals surface area contributed by atoms with Crippen LogP contribution < -0.4 is 77.0 Å². The van der Waals surface area contributed by atoms with Crippen LogP contribution in [0.5, 0.6) is 34.9 Å². The Kier molecular flexibility index (Phi) is 55.5. The van der Waals surface area contributed by atoms with E-state index < -0.39 is 51.1 Å². The van der Waals surface area contributed by atoms with Gasteiger partial charge in [-0.05, 0) is 297 Å². The number of methoxy groups -OCH3 is 6. The van der Waals surface area contributed by atoms with Gasteiger partial charge in [0.1, 0.15) is 58.5 Å². The first kappa shape index (κ1) is 128. The molecule has 1 saturated heterocycles. The van der Waals surface area contributed by atoms with Crippen molar-refractivity contribution >= 4 is 271 Å². The van der Waals surface area contributed by atoms with E-state index >= 15 is 0 Å². The number of fused-ring (bicyclic) bond motifs is 4. The molecule has 13 heterocycles. The van der Waals surface area contributed by atoms with Crippen molar-refractivity contribution in [2.24, 2.45) is 0 Å². The van der Waals surface area contributed by atoms with Crippen molar-refractivity contribution < 1.29 is 121 Å². The predicted molar refractivity (Wildman–Crippen MR) is 567 cm³/mol. The molecule has 57 heteroatoms. The number of ether oxygens (including phenoxy) is 8. The third kappa shape index (κ3) is 46.2. The fraction of sp³-hybridized carbons (Fsp3) is 0.209. The zero-order valence-corrected chi connectivity index (χ0v) is 96.4. The number of para-hydroxylation sites is 3. The largest absolute Gasteiger partial charge is 1.00 e. The van der Waals surface area contributed by atoms with Gasteiger partial charge in [-0.3, -0.25) is 23.5 Å². The average Bonchev–Trinajstić information content (AvgIpc) is 1.59. The zero-order chi connectivity index (χ0) is 107. The second-order valence-electron chi connectivity index (χ2n) is 28.9. The number of pyridine rings is 1. The molecule has 2 radical (unpaired) electrons. The van der Waals surface area contributed by atoms with Crippen LogP contribution in [-0.4, -0.2) is 197 Å². The van der Waals surface area contributed by atoms with Gasteiger partial charge in [-0.2, -0.15) is 9.97 Å². The van der Waals surface area contributed by atoms with Crippen molar-refractivity contribution in [2.45, 2.75) is 77.8 Å². The van der Waals surface area contributed by atoms with E-state index in [-0.39, 0.29) is 81.1 Å². The Hall–Kier alpha value is -9.24. The van der Waals surface area contributed by atoms with E-state index in [1.165, 1.54) is 73.8 Å². The maximum absolute atomic E-state index is 11.3. The van der Waals surface area contributed by atoms with Crippen LogP contribution in [0.2, 0.25) is 21.0 Å². The van der Waals surface area contributed by atoms with Gasteiger partial charge in [0.2, 0.25) is 33.5 Å². The van der Waals surface area contributed by atoms with E-state index in [2.05, 4.69) is 233 Å². The van der Waals surface area contributed by atoms with Crippen LogP contribution in [0.15, 0.2) is 251 Å². The molecule has 8 N–H and O–H groups in total. The van der Waals surface area contributed by atoms with Gasteiger partial charge >= 0.3 is 77.0 Å². The van der Waals surface area contributed by atoms with E-state index in [0.29, 0.717) is 61.3 Å². The molecular formula is C86H88B2Br6Cl8N18NaO21P. The standard InChI is InChI=1S/C14H10ClN3O.C12H7BrClN3O.C8H15BO2.C8H9BrN2O4.C6H6BNO.C6H2BrCl2N3.C6H4BrN3O2.C6H7BrN2O2.C6H6BrNO2.C6H14O2.C6H6O.C2H3ClO2.Cl3OP.Na/c1-2-10-8-12-13(16-14(15)17-18(12)9-10)19-11-6-4-3-5-7-11;13-8-6-10-11(15-12(14)16-17(10)7-8)18-9-4-2-1-3-5-9;1-6-9-10-7(2,3)8(4,5)11-9;1-14-7(12)6-3-5(9)4-11(6)10-8(13)15-2;1-9-6-4-2-3-5(7)8-6;7-3-1-4-5(8)10-6(9)11-12(4)2-3;7-3-1-4-5(11)8-6(12)9-10(4)2-3;1-11-6(10)5-2-4(7)3-9(5)8;1-10-6(9)5-2-4(7)3-8-5;1-5(2,7)6(3,4)8;7-6-4-2-1-3-5-6;1-5-2(3)4;1-5(2,3)4;/h2-9H,1H2;1-7H;6H,1H2,2-5H3;3-4H,1-2H3,(H,10,13);2-4H,1H3;1-2H;1-2H,(H2,8,9,11,12);2-3H,8H2,1H3;2-3,8H,1H3;7-8H,1-4H3;1-5,7H;1H3;;/q;;;;;;;;;;;;;+1/p-1. The molecule has 1 aliphatic rings. The van der Waals surface area contributed by atoms with E-state index in [1.54, 1.807) is 140 Å². The van der Waals surface area contributed by atoms with Crippen LogP contribution >= 0.6 is 193 Å². The number of carbonyl (C=O) groups is 5. The van der Waals surface area contributed by atoms with Crippen molar-refractivity contribution in [3.8, 4) is 34.9 Å². The van der Waals surface area contributed by atoms with Gasteiger partial charge in [0.25, 0.3) is 5.56 Å². The zero-order valence-electron chi connectivity index (χ0n) is 78.0. The molecule has 15 aromatic rings. The summed E-state index contributed by atoms with van der Waals surface area (Å²) in [4.78, 5) is 95.8. The quantitative estimate of drug-likeness (QED) is 0.0149. The minimum absolute atomic E-state index is 0. The molecule has 0 aliphatic carbocycles. The number of rotatable bonds is 12. The number of carbonyl (C=O) groups excluding carboxylic acids is 5. The number of aromatic nitrogens is 16. The summed E-state index contributed by atoms with van der Waals surface area (Å²) in [5.74, 6) is 8.58. The fourth-order valence-electron chi connectivity index (χ4n) is 9.44. The van der Waals surface area contributed by atoms with E-state index in [0.717, 1.165) is 44.5 Å². The summed E-state index contributed by atoms with van der Waals surface area (Å²) in [6.07, 6.45) is 12.8. The molecule has 0 atom stereocenters. The third-order valence-electron chi connectivity index (χ3n) is 17.4. The topological polar surface area (TPSA) is 496 Å². The van der Waals surface area contributed by atoms with Crippen molar-refractivity contribution in [1.29, 1.82) is 0 Å².